The fourth-order valence-electron chi connectivity index (χ4n) is 3.29. The second kappa shape index (κ2) is 7.21. The van der Waals surface area contributed by atoms with Crippen molar-refractivity contribution in [1.82, 2.24) is 9.97 Å². The third-order valence-corrected chi connectivity index (χ3v) is 4.49. The van der Waals surface area contributed by atoms with Gasteiger partial charge in [0.15, 0.2) is 5.69 Å². The van der Waals surface area contributed by atoms with Crippen LogP contribution in [0.3, 0.4) is 0 Å². The lowest BCUT2D eigenvalue weighted by Crippen LogP contribution is -2.07. The summed E-state index contributed by atoms with van der Waals surface area (Å²) in [6, 6.07) is 11.2. The van der Waals surface area contributed by atoms with E-state index in [1.54, 1.807) is 30.3 Å². The normalized spacial score (nSPS) is 11.1. The fraction of sp³-hybridized carbons (Fsp3) is 0.100. The number of carboxylic acid groups (broad SMARTS) is 1. The number of aromatic amines is 1. The maximum absolute atomic E-state index is 11.6. The van der Waals surface area contributed by atoms with Gasteiger partial charge in [-0.3, -0.25) is 10.1 Å². The first-order valence-corrected chi connectivity index (χ1v) is 8.56. The maximum atomic E-state index is 11.6. The second-order valence-corrected chi connectivity index (χ2v) is 6.27. The lowest BCUT2D eigenvalue weighted by atomic mass is 10.1. The third kappa shape index (κ3) is 3.23. The summed E-state index contributed by atoms with van der Waals surface area (Å²) in [5.41, 5.74) is 1.59. The van der Waals surface area contributed by atoms with E-state index in [1.165, 1.54) is 25.4 Å². The average molecular weight is 393 g/mol. The molecule has 0 aliphatic heterocycles. The molecule has 0 fully saturated rings. The quantitative estimate of drug-likeness (QED) is 0.370. The number of nitrogens with one attached hydrogen (secondary N) is 1. The molecule has 0 saturated heterocycles. The van der Waals surface area contributed by atoms with E-state index < -0.39 is 10.9 Å². The van der Waals surface area contributed by atoms with Crippen molar-refractivity contribution < 1.29 is 24.3 Å². The number of nitro benzene ring substituents is 1. The van der Waals surface area contributed by atoms with E-state index in [2.05, 4.69) is 9.97 Å². The van der Waals surface area contributed by atoms with Gasteiger partial charge >= 0.3 is 11.7 Å². The van der Waals surface area contributed by atoms with Crippen molar-refractivity contribution in [2.24, 2.45) is 0 Å². The fourth-order valence-corrected chi connectivity index (χ4v) is 3.29. The molecule has 2 heterocycles. The molecular weight excluding hydrogens is 378 g/mol. The smallest absolute Gasteiger partial charge is 0.354 e. The number of pyridine rings is 1. The zero-order valence-corrected chi connectivity index (χ0v) is 15.2. The molecule has 0 saturated carbocycles. The van der Waals surface area contributed by atoms with E-state index in [-0.39, 0.29) is 23.7 Å². The monoisotopic (exact) mass is 393 g/mol. The molecule has 146 valence electrons. The number of carbonyl (C=O) groups is 1. The largest absolute Gasteiger partial charge is 0.477 e. The molecule has 4 aromatic rings. The molecule has 2 N–H and O–H groups in total. The standard InChI is InChI=1S/C20H15N3O6/c1-28-10-13-18-12-8-11(29-17-5-3-2-4-16(17)23(26)27)6-7-14(12)22-15(18)9-21-19(13)20(24)25/h2-9,22H,10H2,1H3,(H,24,25). The van der Waals surface area contributed by atoms with Crippen molar-refractivity contribution in [2.75, 3.05) is 7.11 Å². The number of para-hydroxylation sites is 2. The molecule has 0 unspecified atom stereocenters. The predicted octanol–water partition coefficient (Wildman–Crippen LogP) is 4.26. The number of benzene rings is 2. The molecule has 2 aromatic heterocycles. The highest BCUT2D eigenvalue weighted by atomic mass is 16.6. The highest BCUT2D eigenvalue weighted by Crippen LogP contribution is 2.36. The molecule has 0 radical (unpaired) electrons. The van der Waals surface area contributed by atoms with Crippen molar-refractivity contribution in [1.29, 1.82) is 0 Å². The van der Waals surface area contributed by atoms with Gasteiger partial charge in [0.2, 0.25) is 5.75 Å². The Bertz CT molecular complexity index is 1260. The van der Waals surface area contributed by atoms with Crippen LogP contribution in [0.4, 0.5) is 5.69 Å². The van der Waals surface area contributed by atoms with Crippen molar-refractivity contribution in [2.45, 2.75) is 6.61 Å². The van der Waals surface area contributed by atoms with E-state index >= 15 is 0 Å². The molecule has 4 rings (SSSR count). The number of hydrogen-bond donors (Lipinski definition) is 2. The van der Waals surface area contributed by atoms with Crippen LogP contribution < -0.4 is 4.74 Å². The van der Waals surface area contributed by atoms with Crippen LogP contribution >= 0.6 is 0 Å². The van der Waals surface area contributed by atoms with Crippen LogP contribution in [0.15, 0.2) is 48.7 Å². The Balaban J connectivity index is 1.89. The molecule has 0 atom stereocenters. The lowest BCUT2D eigenvalue weighted by molar-refractivity contribution is -0.385. The SMILES string of the molecule is COCc1c(C(=O)O)ncc2[nH]c3ccc(Oc4ccccc4[N+](=O)[O-])cc3c12. The number of hydrogen-bond acceptors (Lipinski definition) is 6. The van der Waals surface area contributed by atoms with E-state index in [0.717, 1.165) is 5.52 Å². The number of carboxylic acids is 1. The van der Waals surface area contributed by atoms with Crippen LogP contribution in [0.1, 0.15) is 16.1 Å². The van der Waals surface area contributed by atoms with E-state index in [9.17, 15) is 20.0 Å². The number of aromatic carboxylic acids is 1. The summed E-state index contributed by atoms with van der Waals surface area (Å²) in [6.45, 7) is 0.0637. The van der Waals surface area contributed by atoms with Crippen molar-refractivity contribution in [3.63, 3.8) is 0 Å². The zero-order valence-electron chi connectivity index (χ0n) is 15.2. The van der Waals surface area contributed by atoms with Gasteiger partial charge in [0.05, 0.1) is 23.2 Å². The number of nitro groups is 1. The van der Waals surface area contributed by atoms with Crippen LogP contribution in [-0.4, -0.2) is 33.1 Å². The highest BCUT2D eigenvalue weighted by molar-refractivity contribution is 6.11. The van der Waals surface area contributed by atoms with Crippen LogP contribution in [-0.2, 0) is 11.3 Å². The highest BCUT2D eigenvalue weighted by Gasteiger charge is 2.20. The number of methoxy groups -OCH3 is 1. The average Bonchev–Trinajstić information content (AvgIpc) is 3.06. The number of aromatic nitrogens is 2. The summed E-state index contributed by atoms with van der Waals surface area (Å²) in [4.78, 5) is 29.5. The van der Waals surface area contributed by atoms with Gasteiger partial charge in [-0.2, -0.15) is 0 Å². The van der Waals surface area contributed by atoms with Gasteiger partial charge in [-0.15, -0.1) is 0 Å². The first-order valence-electron chi connectivity index (χ1n) is 8.56. The molecular formula is C20H15N3O6. The van der Waals surface area contributed by atoms with Crippen molar-refractivity contribution in [3.8, 4) is 11.5 Å². The molecule has 0 amide bonds. The van der Waals surface area contributed by atoms with E-state index in [0.29, 0.717) is 27.6 Å². The zero-order chi connectivity index (χ0) is 20.5. The summed E-state index contributed by atoms with van der Waals surface area (Å²) >= 11 is 0. The lowest BCUT2D eigenvalue weighted by Gasteiger charge is -2.08. The van der Waals surface area contributed by atoms with Crippen molar-refractivity contribution in [3.05, 3.63) is 70.0 Å². The summed E-state index contributed by atoms with van der Waals surface area (Å²) in [5, 5.41) is 22.1. The Morgan fingerprint density at radius 1 is 1.24 bits per heavy atom. The van der Waals surface area contributed by atoms with Gasteiger partial charge in [0, 0.05) is 35.0 Å². The number of fused-ring (bicyclic) bond motifs is 3. The van der Waals surface area contributed by atoms with Crippen LogP contribution in [0.25, 0.3) is 21.8 Å². The minimum atomic E-state index is -1.15. The van der Waals surface area contributed by atoms with Crippen LogP contribution in [0.2, 0.25) is 0 Å². The number of rotatable bonds is 6. The van der Waals surface area contributed by atoms with Gasteiger partial charge in [-0.1, -0.05) is 12.1 Å². The van der Waals surface area contributed by atoms with Gasteiger partial charge in [-0.05, 0) is 24.3 Å². The summed E-state index contributed by atoms with van der Waals surface area (Å²) in [6.07, 6.45) is 1.46. The van der Waals surface area contributed by atoms with Crippen LogP contribution in [0.5, 0.6) is 11.5 Å². The van der Waals surface area contributed by atoms with Gasteiger partial charge < -0.3 is 19.6 Å². The first kappa shape index (κ1) is 18.4. The van der Waals surface area contributed by atoms with E-state index in [4.69, 9.17) is 9.47 Å². The molecule has 9 heteroatoms. The number of ether oxygens (including phenoxy) is 2. The van der Waals surface area contributed by atoms with Crippen molar-refractivity contribution >= 4 is 33.5 Å². The van der Waals surface area contributed by atoms with Gasteiger partial charge in [-0.25, -0.2) is 9.78 Å². The molecule has 0 aliphatic carbocycles. The number of nitrogens with zero attached hydrogens (tertiary/aromatic N) is 2. The molecule has 0 bridgehead atoms. The number of H-pyrrole nitrogens is 1. The third-order valence-electron chi connectivity index (χ3n) is 4.49. The Hall–Kier alpha value is -3.98. The Morgan fingerprint density at radius 3 is 2.76 bits per heavy atom. The Morgan fingerprint density at radius 2 is 2.03 bits per heavy atom. The van der Waals surface area contributed by atoms with E-state index in [1.807, 2.05) is 0 Å². The first-order chi connectivity index (χ1) is 14.0. The minimum Gasteiger partial charge on any atom is -0.477 e. The summed E-state index contributed by atoms with van der Waals surface area (Å²) < 4.78 is 10.9. The Labute approximate surface area is 163 Å². The Kier molecular flexibility index (Phi) is 4.57. The summed E-state index contributed by atoms with van der Waals surface area (Å²) in [5.74, 6) is -0.660. The molecule has 2 aromatic carbocycles. The molecule has 29 heavy (non-hydrogen) atoms. The predicted molar refractivity (Wildman–Crippen MR) is 104 cm³/mol. The topological polar surface area (TPSA) is 128 Å². The molecule has 0 spiro atoms. The molecule has 0 aliphatic rings. The maximum Gasteiger partial charge on any atom is 0.354 e. The van der Waals surface area contributed by atoms with Crippen LogP contribution in [0, 0.1) is 10.1 Å². The van der Waals surface area contributed by atoms with Gasteiger partial charge in [0.25, 0.3) is 0 Å². The second-order valence-electron chi connectivity index (χ2n) is 6.27. The minimum absolute atomic E-state index is 0.0637. The summed E-state index contributed by atoms with van der Waals surface area (Å²) in [7, 11) is 1.47. The molecule has 9 nitrogen and oxygen atoms in total. The van der Waals surface area contributed by atoms with Gasteiger partial charge in [0.1, 0.15) is 5.75 Å².